The van der Waals surface area contributed by atoms with E-state index >= 15 is 0 Å². The number of aliphatic carboxylic acids is 1. The third-order valence-electron chi connectivity index (χ3n) is 8.67. The summed E-state index contributed by atoms with van der Waals surface area (Å²) in [5.41, 5.74) is 5.50. The minimum atomic E-state index is -0.945. The number of rotatable bonds is 12. The van der Waals surface area contributed by atoms with Crippen LogP contribution >= 0.6 is 0 Å². The molecule has 3 atom stereocenters. The third kappa shape index (κ3) is 6.10. The number of H-pyrrole nitrogens is 1. The van der Waals surface area contributed by atoms with Crippen molar-refractivity contribution in [3.63, 3.8) is 0 Å². The lowest BCUT2D eigenvalue weighted by atomic mass is 9.97. The summed E-state index contributed by atoms with van der Waals surface area (Å²) in [7, 11) is 0. The van der Waals surface area contributed by atoms with Crippen LogP contribution in [-0.4, -0.2) is 64.6 Å². The van der Waals surface area contributed by atoms with Crippen molar-refractivity contribution in [1.82, 2.24) is 35.1 Å². The molecular formula is C34H37N7O3. The summed E-state index contributed by atoms with van der Waals surface area (Å²) in [4.78, 5) is 33.0. The highest BCUT2D eigenvalue weighted by Crippen LogP contribution is 2.35. The van der Waals surface area contributed by atoms with Gasteiger partial charge >= 0.3 is 5.97 Å². The number of aromatic nitrogens is 6. The highest BCUT2D eigenvalue weighted by Gasteiger charge is 2.42. The minimum absolute atomic E-state index is 0.0876. The molecule has 2 N–H and O–H groups in total. The summed E-state index contributed by atoms with van der Waals surface area (Å²) in [6, 6.07) is 22.6. The number of hydrogen-bond donors (Lipinski definition) is 2. The normalized spacial score (nSPS) is 17.2. The Morgan fingerprint density at radius 1 is 1.00 bits per heavy atom. The summed E-state index contributed by atoms with van der Waals surface area (Å²) in [5.74, 6) is -0.493. The molecule has 0 spiro atoms. The van der Waals surface area contributed by atoms with Gasteiger partial charge in [-0.1, -0.05) is 93.3 Å². The van der Waals surface area contributed by atoms with Gasteiger partial charge in [-0.3, -0.25) is 4.79 Å². The first kappa shape index (κ1) is 29.2. The fourth-order valence-corrected chi connectivity index (χ4v) is 6.49. The smallest absolute Gasteiger partial charge is 0.326 e. The molecule has 2 unspecified atom stereocenters. The van der Waals surface area contributed by atoms with Crippen LogP contribution in [0.3, 0.4) is 0 Å². The first-order valence-electron chi connectivity index (χ1n) is 15.4. The van der Waals surface area contributed by atoms with Crippen molar-refractivity contribution < 1.29 is 14.7 Å². The topological polar surface area (TPSA) is 130 Å². The first-order chi connectivity index (χ1) is 21.5. The maximum atomic E-state index is 14.3. The number of nitrogens with zero attached hydrogens (tertiary/aromatic N) is 6. The number of benzene rings is 3. The van der Waals surface area contributed by atoms with Crippen LogP contribution in [-0.2, 0) is 16.0 Å². The van der Waals surface area contributed by atoms with Gasteiger partial charge < -0.3 is 14.6 Å². The Bertz CT molecular complexity index is 1720. The number of carboxylic acid groups (broad SMARTS) is 1. The highest BCUT2D eigenvalue weighted by atomic mass is 16.4. The molecular weight excluding hydrogens is 554 g/mol. The zero-order valence-corrected chi connectivity index (χ0v) is 24.8. The average molecular weight is 592 g/mol. The number of imidazole rings is 1. The maximum Gasteiger partial charge on any atom is 0.326 e. The number of fused-ring (bicyclic) bond motifs is 1. The van der Waals surface area contributed by atoms with E-state index in [2.05, 4.69) is 39.7 Å². The number of unbranched alkanes of at least 4 members (excludes halogenated alkanes) is 3. The highest BCUT2D eigenvalue weighted by molar-refractivity contribution is 5.90. The molecule has 44 heavy (non-hydrogen) atoms. The molecule has 226 valence electrons. The van der Waals surface area contributed by atoms with E-state index in [0.717, 1.165) is 65.4 Å². The van der Waals surface area contributed by atoms with Crippen molar-refractivity contribution in [1.29, 1.82) is 0 Å². The summed E-state index contributed by atoms with van der Waals surface area (Å²) in [6.07, 6.45) is 7.63. The van der Waals surface area contributed by atoms with Crippen molar-refractivity contribution in [2.45, 2.75) is 64.0 Å². The van der Waals surface area contributed by atoms with E-state index < -0.39 is 18.1 Å². The average Bonchev–Trinajstić information content (AvgIpc) is 3.82. The lowest BCUT2D eigenvalue weighted by Crippen LogP contribution is -2.44. The predicted molar refractivity (Wildman–Crippen MR) is 168 cm³/mol. The zero-order valence-electron chi connectivity index (χ0n) is 24.8. The lowest BCUT2D eigenvalue weighted by molar-refractivity contribution is -0.149. The van der Waals surface area contributed by atoms with Crippen LogP contribution in [0.15, 0.2) is 79.1 Å². The molecule has 0 saturated carbocycles. The summed E-state index contributed by atoms with van der Waals surface area (Å²) >= 11 is 0. The fourth-order valence-electron chi connectivity index (χ4n) is 6.49. The monoisotopic (exact) mass is 591 g/mol. The number of carbonyl (C=O) groups excluding carboxylic acids is 1. The maximum absolute atomic E-state index is 14.3. The second kappa shape index (κ2) is 13.2. The van der Waals surface area contributed by atoms with E-state index in [1.54, 1.807) is 11.2 Å². The Hall–Kier alpha value is -4.86. The van der Waals surface area contributed by atoms with Gasteiger partial charge in [0.2, 0.25) is 11.7 Å². The number of nitrogens with one attached hydrogen (secondary N) is 1. The third-order valence-corrected chi connectivity index (χ3v) is 8.67. The SMILES string of the molecule is CCCCCCC(C(=O)N1CC(Cc2ccccc2)C[C@H]1C(=O)O)n1cnc2cc(-c3ccccc3-c3nn[nH]n3)ccc21. The molecule has 10 nitrogen and oxygen atoms in total. The second-order valence-corrected chi connectivity index (χ2v) is 11.6. The van der Waals surface area contributed by atoms with Gasteiger partial charge in [0.15, 0.2) is 0 Å². The number of carboxylic acids is 1. The van der Waals surface area contributed by atoms with E-state index in [9.17, 15) is 14.7 Å². The van der Waals surface area contributed by atoms with E-state index in [1.165, 1.54) is 0 Å². The Kier molecular flexibility index (Phi) is 8.76. The van der Waals surface area contributed by atoms with E-state index in [4.69, 9.17) is 4.98 Å². The number of likely N-dealkylation sites (tertiary alicyclic amines) is 1. The quantitative estimate of drug-likeness (QED) is 0.172. The predicted octanol–water partition coefficient (Wildman–Crippen LogP) is 5.94. The van der Waals surface area contributed by atoms with Crippen LogP contribution in [0.1, 0.15) is 57.1 Å². The van der Waals surface area contributed by atoms with Gasteiger partial charge in [-0.05, 0) is 59.2 Å². The summed E-state index contributed by atoms with van der Waals surface area (Å²) in [6.45, 7) is 2.59. The van der Waals surface area contributed by atoms with Gasteiger partial charge in [0.25, 0.3) is 0 Å². The summed E-state index contributed by atoms with van der Waals surface area (Å²) in [5, 5.41) is 24.7. The molecule has 2 aromatic heterocycles. The first-order valence-corrected chi connectivity index (χ1v) is 15.4. The number of tetrazole rings is 1. The molecule has 0 radical (unpaired) electrons. The Morgan fingerprint density at radius 2 is 1.80 bits per heavy atom. The van der Waals surface area contributed by atoms with Gasteiger partial charge in [-0.2, -0.15) is 5.21 Å². The number of hydrogen-bond acceptors (Lipinski definition) is 6. The molecule has 0 aliphatic carbocycles. The zero-order chi connectivity index (χ0) is 30.5. The Morgan fingerprint density at radius 3 is 2.55 bits per heavy atom. The van der Waals surface area contributed by atoms with Crippen LogP contribution in [0.25, 0.3) is 33.5 Å². The van der Waals surface area contributed by atoms with Crippen molar-refractivity contribution in [3.05, 3.63) is 84.7 Å². The molecule has 1 amide bonds. The van der Waals surface area contributed by atoms with Crippen molar-refractivity contribution >= 4 is 22.9 Å². The van der Waals surface area contributed by atoms with Crippen LogP contribution < -0.4 is 0 Å². The second-order valence-electron chi connectivity index (χ2n) is 11.6. The van der Waals surface area contributed by atoms with Crippen LogP contribution in [0, 0.1) is 5.92 Å². The molecule has 5 aromatic rings. The van der Waals surface area contributed by atoms with Gasteiger partial charge in [0.05, 0.1) is 17.4 Å². The standard InChI is InChI=1S/C34H37N7O3/c1-2-3-4-8-15-30(33(42)40-21-24(19-31(40)34(43)44)18-23-11-6-5-7-12-23)41-22-35-28-20-25(16-17-29(28)41)26-13-9-10-14-27(26)32-36-38-39-37-32/h5-7,9-14,16-17,20,22,24,30-31H,2-4,8,15,18-19,21H2,1H3,(H,43,44)(H,36,37,38,39)/t24?,30?,31-/m0/s1. The van der Waals surface area contributed by atoms with Gasteiger partial charge in [0.1, 0.15) is 12.1 Å². The molecule has 3 heterocycles. The van der Waals surface area contributed by atoms with Gasteiger partial charge in [-0.25, -0.2) is 9.78 Å². The van der Waals surface area contributed by atoms with Gasteiger partial charge in [0, 0.05) is 12.1 Å². The molecule has 6 rings (SSSR count). The van der Waals surface area contributed by atoms with E-state index in [0.29, 0.717) is 25.2 Å². The number of aromatic amines is 1. The Labute approximate surface area is 256 Å². The van der Waals surface area contributed by atoms with Crippen molar-refractivity contribution in [2.24, 2.45) is 5.92 Å². The molecule has 1 aliphatic heterocycles. The largest absolute Gasteiger partial charge is 0.480 e. The van der Waals surface area contributed by atoms with E-state index in [1.807, 2.05) is 65.2 Å². The lowest BCUT2D eigenvalue weighted by Gasteiger charge is -2.28. The molecule has 0 bridgehead atoms. The van der Waals surface area contributed by atoms with Crippen LogP contribution in [0.5, 0.6) is 0 Å². The molecule has 3 aromatic carbocycles. The molecule has 1 fully saturated rings. The number of carbonyl (C=O) groups is 2. The van der Waals surface area contributed by atoms with Crippen LogP contribution in [0.2, 0.25) is 0 Å². The van der Waals surface area contributed by atoms with Crippen molar-refractivity contribution in [2.75, 3.05) is 6.54 Å². The molecule has 10 heteroatoms. The summed E-state index contributed by atoms with van der Waals surface area (Å²) < 4.78 is 1.95. The van der Waals surface area contributed by atoms with E-state index in [-0.39, 0.29) is 11.8 Å². The minimum Gasteiger partial charge on any atom is -0.480 e. The van der Waals surface area contributed by atoms with Crippen LogP contribution in [0.4, 0.5) is 0 Å². The fraction of sp³-hybridized carbons (Fsp3) is 0.353. The van der Waals surface area contributed by atoms with Crippen molar-refractivity contribution in [3.8, 4) is 22.5 Å². The molecule has 1 saturated heterocycles. The van der Waals surface area contributed by atoms with Gasteiger partial charge in [-0.15, -0.1) is 10.2 Å². The Balaban J connectivity index is 1.31. The molecule has 1 aliphatic rings. The number of amides is 1.